The number of hydrogen-bond donors (Lipinski definition) is 3. The van der Waals surface area contributed by atoms with E-state index in [1.54, 1.807) is 49.4 Å². The number of aromatic nitrogens is 2. The van der Waals surface area contributed by atoms with E-state index in [0.29, 0.717) is 12.1 Å². The molecule has 0 aliphatic heterocycles. The molecule has 0 bridgehead atoms. The quantitative estimate of drug-likeness (QED) is 0.715. The predicted octanol–water partition coefficient (Wildman–Crippen LogP) is 0.518. The summed E-state index contributed by atoms with van der Waals surface area (Å²) in [5, 5.41) is 9.85. The molecule has 0 fully saturated rings. The number of amides is 2. The molecule has 7 nitrogen and oxygen atoms in total. The molecule has 23 heavy (non-hydrogen) atoms. The lowest BCUT2D eigenvalue weighted by Gasteiger charge is -2.14. The lowest BCUT2D eigenvalue weighted by molar-refractivity contribution is -0.123. The highest BCUT2D eigenvalue weighted by Crippen LogP contribution is 2.12. The van der Waals surface area contributed by atoms with E-state index in [4.69, 9.17) is 5.73 Å². The zero-order valence-electron chi connectivity index (χ0n) is 12.9. The zero-order valence-corrected chi connectivity index (χ0v) is 13.8. The number of carbonyl (C=O) groups is 2. The minimum Gasteiger partial charge on any atom is -0.366 e. The highest BCUT2D eigenvalue weighted by Gasteiger charge is 2.19. The fourth-order valence-electron chi connectivity index (χ4n) is 2.16. The Hall–Kier alpha value is -2.38. The topological polar surface area (TPSA) is 102 Å². The number of nitrogens with zero attached hydrogens (tertiary/aromatic N) is 2. The highest BCUT2D eigenvalue weighted by molar-refractivity contribution is 5.92. The van der Waals surface area contributed by atoms with Crippen LogP contribution in [0.3, 0.4) is 0 Å². The Morgan fingerprint density at radius 2 is 2.13 bits per heavy atom. The standard InChI is InChI=1S/C15H19N5O2.ClH/c1-17-13(12-8-19-20(2)9-12)15(22)18-7-10-4-3-5-11(6-10)14(16)21;/h3-6,8-9,13,17H,7H2,1-2H3,(H2,16,21)(H,18,22);1H. The van der Waals surface area contributed by atoms with Gasteiger partial charge in [-0.05, 0) is 24.7 Å². The molecule has 0 saturated heterocycles. The van der Waals surface area contributed by atoms with Crippen LogP contribution in [0.15, 0.2) is 36.7 Å². The molecule has 1 aromatic carbocycles. The van der Waals surface area contributed by atoms with Gasteiger partial charge in [-0.2, -0.15) is 5.10 Å². The first-order valence-electron chi connectivity index (χ1n) is 6.83. The zero-order chi connectivity index (χ0) is 16.1. The van der Waals surface area contributed by atoms with E-state index in [9.17, 15) is 9.59 Å². The molecule has 4 N–H and O–H groups in total. The molecule has 1 aromatic heterocycles. The van der Waals surface area contributed by atoms with Gasteiger partial charge in [0.2, 0.25) is 11.8 Å². The first-order chi connectivity index (χ1) is 10.5. The summed E-state index contributed by atoms with van der Waals surface area (Å²) in [7, 11) is 3.51. The van der Waals surface area contributed by atoms with Gasteiger partial charge in [0.05, 0.1) is 6.20 Å². The van der Waals surface area contributed by atoms with Gasteiger partial charge in [-0.25, -0.2) is 0 Å². The Morgan fingerprint density at radius 3 is 2.70 bits per heavy atom. The van der Waals surface area contributed by atoms with Crippen molar-refractivity contribution in [2.24, 2.45) is 12.8 Å². The second kappa shape index (κ2) is 8.30. The predicted molar refractivity (Wildman–Crippen MR) is 89.1 cm³/mol. The smallest absolute Gasteiger partial charge is 0.248 e. The van der Waals surface area contributed by atoms with Crippen LogP contribution in [0, 0.1) is 0 Å². The number of nitrogens with one attached hydrogen (secondary N) is 2. The van der Waals surface area contributed by atoms with Crippen molar-refractivity contribution in [3.63, 3.8) is 0 Å². The number of primary amides is 1. The summed E-state index contributed by atoms with van der Waals surface area (Å²) in [6.45, 7) is 0.318. The lowest BCUT2D eigenvalue weighted by atomic mass is 10.1. The number of benzene rings is 1. The van der Waals surface area contributed by atoms with Crippen molar-refractivity contribution < 1.29 is 9.59 Å². The van der Waals surface area contributed by atoms with Gasteiger partial charge in [0.15, 0.2) is 0 Å². The number of hydrogen-bond acceptors (Lipinski definition) is 4. The Morgan fingerprint density at radius 1 is 1.39 bits per heavy atom. The molecule has 1 heterocycles. The molecule has 2 aromatic rings. The van der Waals surface area contributed by atoms with Crippen LogP contribution in [-0.4, -0.2) is 28.6 Å². The van der Waals surface area contributed by atoms with E-state index in [-0.39, 0.29) is 18.3 Å². The molecule has 0 aliphatic carbocycles. The molecule has 124 valence electrons. The Labute approximate surface area is 140 Å². The van der Waals surface area contributed by atoms with E-state index >= 15 is 0 Å². The molecule has 0 aliphatic rings. The highest BCUT2D eigenvalue weighted by atomic mass is 35.5. The number of aryl methyl sites for hydroxylation is 1. The van der Waals surface area contributed by atoms with Gasteiger partial charge in [-0.3, -0.25) is 14.3 Å². The van der Waals surface area contributed by atoms with Gasteiger partial charge in [0.1, 0.15) is 6.04 Å². The van der Waals surface area contributed by atoms with Crippen LogP contribution in [0.25, 0.3) is 0 Å². The average molecular weight is 338 g/mol. The second-order valence-electron chi connectivity index (χ2n) is 4.95. The largest absolute Gasteiger partial charge is 0.366 e. The van der Waals surface area contributed by atoms with Crippen LogP contribution >= 0.6 is 12.4 Å². The summed E-state index contributed by atoms with van der Waals surface area (Å²) in [6, 6.07) is 6.39. The number of likely N-dealkylation sites (N-methyl/N-ethyl adjacent to an activating group) is 1. The maximum Gasteiger partial charge on any atom is 0.248 e. The van der Waals surface area contributed by atoms with E-state index < -0.39 is 11.9 Å². The van der Waals surface area contributed by atoms with Gasteiger partial charge in [0.25, 0.3) is 0 Å². The maximum atomic E-state index is 12.3. The number of carbonyl (C=O) groups excluding carboxylic acids is 2. The van der Waals surface area contributed by atoms with Crippen molar-refractivity contribution in [3.8, 4) is 0 Å². The van der Waals surface area contributed by atoms with Crippen molar-refractivity contribution in [2.45, 2.75) is 12.6 Å². The molecule has 1 atom stereocenters. The van der Waals surface area contributed by atoms with Crippen LogP contribution in [0.2, 0.25) is 0 Å². The summed E-state index contributed by atoms with van der Waals surface area (Å²) in [4.78, 5) is 23.4. The van der Waals surface area contributed by atoms with Crippen LogP contribution in [0.4, 0.5) is 0 Å². The third-order valence-corrected chi connectivity index (χ3v) is 3.29. The van der Waals surface area contributed by atoms with Gasteiger partial charge in [-0.1, -0.05) is 12.1 Å². The fourth-order valence-corrected chi connectivity index (χ4v) is 2.16. The molecule has 8 heteroatoms. The summed E-state index contributed by atoms with van der Waals surface area (Å²) >= 11 is 0. The van der Waals surface area contributed by atoms with Crippen molar-refractivity contribution in [3.05, 3.63) is 53.3 Å². The maximum absolute atomic E-state index is 12.3. The first-order valence-corrected chi connectivity index (χ1v) is 6.83. The van der Waals surface area contributed by atoms with Crippen LogP contribution in [0.5, 0.6) is 0 Å². The normalized spacial score (nSPS) is 11.4. The minimum atomic E-state index is -0.489. The van der Waals surface area contributed by atoms with E-state index in [2.05, 4.69) is 15.7 Å². The molecule has 2 rings (SSSR count). The SMILES string of the molecule is CNC(C(=O)NCc1cccc(C(N)=O)c1)c1cnn(C)c1.Cl. The van der Waals surface area contributed by atoms with Crippen LogP contribution < -0.4 is 16.4 Å². The summed E-state index contributed by atoms with van der Waals surface area (Å²) in [5.41, 5.74) is 7.26. The molecule has 0 spiro atoms. The van der Waals surface area contributed by atoms with Crippen molar-refractivity contribution >= 4 is 24.2 Å². The molecular weight excluding hydrogens is 318 g/mol. The summed E-state index contributed by atoms with van der Waals surface area (Å²) in [5.74, 6) is -0.656. The van der Waals surface area contributed by atoms with Crippen molar-refractivity contribution in [2.75, 3.05) is 7.05 Å². The summed E-state index contributed by atoms with van der Waals surface area (Å²) in [6.07, 6.45) is 3.43. The van der Waals surface area contributed by atoms with E-state index in [0.717, 1.165) is 11.1 Å². The van der Waals surface area contributed by atoms with Crippen LogP contribution in [0.1, 0.15) is 27.5 Å². The van der Waals surface area contributed by atoms with Crippen LogP contribution in [-0.2, 0) is 18.4 Å². The fraction of sp³-hybridized carbons (Fsp3) is 0.267. The third-order valence-electron chi connectivity index (χ3n) is 3.29. The number of rotatable bonds is 6. The van der Waals surface area contributed by atoms with Gasteiger partial charge in [0, 0.05) is 30.9 Å². The number of halogens is 1. The minimum absolute atomic E-state index is 0. The van der Waals surface area contributed by atoms with Gasteiger partial charge >= 0.3 is 0 Å². The van der Waals surface area contributed by atoms with Gasteiger partial charge in [-0.15, -0.1) is 12.4 Å². The van der Waals surface area contributed by atoms with Crippen molar-refractivity contribution in [1.82, 2.24) is 20.4 Å². The molecule has 1 unspecified atom stereocenters. The van der Waals surface area contributed by atoms with Gasteiger partial charge < -0.3 is 16.4 Å². The molecule has 0 radical (unpaired) electrons. The van der Waals surface area contributed by atoms with E-state index in [1.807, 2.05) is 6.07 Å². The summed E-state index contributed by atoms with van der Waals surface area (Å²) < 4.78 is 1.64. The number of nitrogens with two attached hydrogens (primary N) is 1. The Balaban J connectivity index is 0.00000264. The monoisotopic (exact) mass is 337 g/mol. The Bertz CT molecular complexity index is 686. The molecule has 0 saturated carbocycles. The molecule has 2 amide bonds. The van der Waals surface area contributed by atoms with E-state index in [1.165, 1.54) is 0 Å². The van der Waals surface area contributed by atoms with Crippen molar-refractivity contribution in [1.29, 1.82) is 0 Å². The third kappa shape index (κ3) is 4.80. The first kappa shape index (κ1) is 18.7. The Kier molecular flexibility index (Phi) is 6.74. The molecular formula is C15H20ClN5O2. The second-order valence-corrected chi connectivity index (χ2v) is 4.95. The average Bonchev–Trinajstić information content (AvgIpc) is 2.92. The lowest BCUT2D eigenvalue weighted by Crippen LogP contribution is -2.35.